The molecular formula is C12H8FN2O6-. The Labute approximate surface area is 115 Å². The molecule has 0 bridgehead atoms. The van der Waals surface area contributed by atoms with Crippen molar-refractivity contribution >= 4 is 28.8 Å². The number of aryl methyl sites for hydroxylation is 1. The normalized spacial score (nSPS) is 18.3. The molecule has 1 saturated heterocycles. The van der Waals surface area contributed by atoms with Crippen molar-refractivity contribution in [1.29, 1.82) is 0 Å². The smallest absolute Gasteiger partial charge is 0.419 e. The SMILES string of the molecule is Cn1c(=O)oc2cc(N3CC(C(=O)[O-])OC3=O)cc(F)c21. The van der Waals surface area contributed by atoms with Crippen molar-refractivity contribution in [3.63, 3.8) is 0 Å². The lowest BCUT2D eigenvalue weighted by atomic mass is 10.2. The molecule has 1 unspecified atom stereocenters. The highest BCUT2D eigenvalue weighted by Gasteiger charge is 2.34. The van der Waals surface area contributed by atoms with Crippen LogP contribution in [0.3, 0.4) is 0 Å². The molecule has 3 rings (SSSR count). The molecule has 2 aromatic rings. The van der Waals surface area contributed by atoms with Crippen LogP contribution >= 0.6 is 0 Å². The zero-order chi connectivity index (χ0) is 15.3. The molecule has 110 valence electrons. The molecule has 1 fully saturated rings. The van der Waals surface area contributed by atoms with Gasteiger partial charge in [-0.25, -0.2) is 14.0 Å². The molecule has 1 aromatic heterocycles. The van der Waals surface area contributed by atoms with Crippen LogP contribution in [0.2, 0.25) is 0 Å². The van der Waals surface area contributed by atoms with Gasteiger partial charge in [0.25, 0.3) is 0 Å². The van der Waals surface area contributed by atoms with E-state index in [1.165, 1.54) is 13.1 Å². The maximum Gasteiger partial charge on any atom is 0.419 e. The van der Waals surface area contributed by atoms with Gasteiger partial charge in [-0.05, 0) is 0 Å². The van der Waals surface area contributed by atoms with E-state index in [-0.39, 0.29) is 23.3 Å². The van der Waals surface area contributed by atoms with Gasteiger partial charge in [0.2, 0.25) is 0 Å². The molecule has 1 aliphatic heterocycles. The Morgan fingerprint density at radius 3 is 2.76 bits per heavy atom. The lowest BCUT2D eigenvalue weighted by Gasteiger charge is -2.13. The van der Waals surface area contributed by atoms with Crippen molar-refractivity contribution in [1.82, 2.24) is 4.57 Å². The molecule has 1 atom stereocenters. The van der Waals surface area contributed by atoms with Gasteiger partial charge in [0.05, 0.1) is 18.2 Å². The number of aromatic nitrogens is 1. The van der Waals surface area contributed by atoms with Crippen molar-refractivity contribution in [2.24, 2.45) is 7.05 Å². The number of aliphatic carboxylic acids is 1. The number of benzene rings is 1. The monoisotopic (exact) mass is 295 g/mol. The van der Waals surface area contributed by atoms with Crippen molar-refractivity contribution in [2.75, 3.05) is 11.4 Å². The number of oxazole rings is 1. The fourth-order valence-electron chi connectivity index (χ4n) is 2.17. The van der Waals surface area contributed by atoms with Crippen LogP contribution in [0.1, 0.15) is 0 Å². The van der Waals surface area contributed by atoms with E-state index in [0.29, 0.717) is 0 Å². The highest BCUT2D eigenvalue weighted by molar-refractivity contribution is 5.95. The predicted octanol–water partition coefficient (Wildman–Crippen LogP) is -0.654. The lowest BCUT2D eigenvalue weighted by Crippen LogP contribution is -2.38. The molecule has 9 heteroatoms. The number of anilines is 1. The van der Waals surface area contributed by atoms with Crippen LogP contribution in [0.25, 0.3) is 11.1 Å². The number of ether oxygens (including phenoxy) is 1. The van der Waals surface area contributed by atoms with Gasteiger partial charge in [0, 0.05) is 19.2 Å². The fraction of sp³-hybridized carbons (Fsp3) is 0.250. The number of carbonyl (C=O) groups excluding carboxylic acids is 2. The Morgan fingerprint density at radius 2 is 2.14 bits per heavy atom. The predicted molar refractivity (Wildman–Crippen MR) is 64.0 cm³/mol. The highest BCUT2D eigenvalue weighted by atomic mass is 19.1. The summed E-state index contributed by atoms with van der Waals surface area (Å²) < 4.78 is 24.4. The lowest BCUT2D eigenvalue weighted by molar-refractivity contribution is -0.313. The summed E-state index contributed by atoms with van der Waals surface area (Å²) in [6.45, 7) is -0.316. The van der Waals surface area contributed by atoms with Crippen molar-refractivity contribution in [2.45, 2.75) is 6.10 Å². The summed E-state index contributed by atoms with van der Waals surface area (Å²) in [5.41, 5.74) is -0.0712. The molecule has 0 N–H and O–H groups in total. The van der Waals surface area contributed by atoms with E-state index in [0.717, 1.165) is 15.5 Å². The summed E-state index contributed by atoms with van der Waals surface area (Å²) in [6.07, 6.45) is -2.37. The first kappa shape index (κ1) is 13.2. The molecule has 21 heavy (non-hydrogen) atoms. The second kappa shape index (κ2) is 4.33. The van der Waals surface area contributed by atoms with Gasteiger partial charge in [-0.1, -0.05) is 0 Å². The van der Waals surface area contributed by atoms with Crippen LogP contribution in [0.4, 0.5) is 14.9 Å². The molecule has 1 aliphatic rings. The summed E-state index contributed by atoms with van der Waals surface area (Å²) in [5, 5.41) is 10.7. The second-order valence-corrected chi connectivity index (χ2v) is 4.50. The van der Waals surface area contributed by atoms with Crippen molar-refractivity contribution in [3.8, 4) is 0 Å². The van der Waals surface area contributed by atoms with Crippen LogP contribution < -0.4 is 15.8 Å². The van der Waals surface area contributed by atoms with E-state index in [2.05, 4.69) is 4.74 Å². The van der Waals surface area contributed by atoms with Gasteiger partial charge in [-0.2, -0.15) is 0 Å². The molecule has 1 amide bonds. The zero-order valence-corrected chi connectivity index (χ0v) is 10.7. The van der Waals surface area contributed by atoms with Crippen LogP contribution in [-0.2, 0) is 16.6 Å². The Kier molecular flexibility index (Phi) is 2.71. The van der Waals surface area contributed by atoms with E-state index in [4.69, 9.17) is 4.42 Å². The quantitative estimate of drug-likeness (QED) is 0.728. The molecule has 2 heterocycles. The first-order chi connectivity index (χ1) is 9.88. The van der Waals surface area contributed by atoms with Crippen LogP contribution in [0.15, 0.2) is 21.3 Å². The Morgan fingerprint density at radius 1 is 1.43 bits per heavy atom. The van der Waals surface area contributed by atoms with Gasteiger partial charge < -0.3 is 19.1 Å². The summed E-state index contributed by atoms with van der Waals surface area (Å²) in [6, 6.07) is 2.26. The second-order valence-electron chi connectivity index (χ2n) is 4.50. The third-order valence-corrected chi connectivity index (χ3v) is 3.21. The molecule has 0 radical (unpaired) electrons. The van der Waals surface area contributed by atoms with Crippen LogP contribution in [-0.4, -0.2) is 29.3 Å². The van der Waals surface area contributed by atoms with Gasteiger partial charge in [-0.15, -0.1) is 0 Å². The van der Waals surface area contributed by atoms with E-state index < -0.39 is 29.7 Å². The van der Waals surface area contributed by atoms with E-state index >= 15 is 0 Å². The minimum atomic E-state index is -1.54. The van der Waals surface area contributed by atoms with Gasteiger partial charge in [0.15, 0.2) is 17.5 Å². The van der Waals surface area contributed by atoms with Gasteiger partial charge in [-0.3, -0.25) is 9.47 Å². The minimum Gasteiger partial charge on any atom is -0.546 e. The molecule has 0 saturated carbocycles. The average Bonchev–Trinajstić information content (AvgIpc) is 2.91. The molecular weight excluding hydrogens is 287 g/mol. The highest BCUT2D eigenvalue weighted by Crippen LogP contribution is 2.27. The number of fused-ring (bicyclic) bond motifs is 1. The zero-order valence-electron chi connectivity index (χ0n) is 10.7. The van der Waals surface area contributed by atoms with E-state index in [1.54, 1.807) is 0 Å². The molecule has 0 spiro atoms. The number of halogens is 1. The minimum absolute atomic E-state index is 0.0306. The van der Waals surface area contributed by atoms with Crippen molar-refractivity contribution in [3.05, 3.63) is 28.5 Å². The van der Waals surface area contributed by atoms with E-state index in [9.17, 15) is 23.9 Å². The third kappa shape index (κ3) is 1.93. The number of hydrogen-bond acceptors (Lipinski definition) is 6. The topological polar surface area (TPSA) is 105 Å². The number of rotatable bonds is 2. The fourth-order valence-corrected chi connectivity index (χ4v) is 2.17. The van der Waals surface area contributed by atoms with Crippen LogP contribution in [0, 0.1) is 5.82 Å². The van der Waals surface area contributed by atoms with E-state index in [1.807, 2.05) is 0 Å². The Hall–Kier alpha value is -2.84. The average molecular weight is 295 g/mol. The van der Waals surface area contributed by atoms with Crippen LogP contribution in [0.5, 0.6) is 0 Å². The molecule has 1 aromatic carbocycles. The van der Waals surface area contributed by atoms with Gasteiger partial charge >= 0.3 is 11.8 Å². The summed E-state index contributed by atoms with van der Waals surface area (Å²) in [7, 11) is 1.34. The first-order valence-electron chi connectivity index (χ1n) is 5.86. The number of hydrogen-bond donors (Lipinski definition) is 0. The summed E-state index contributed by atoms with van der Waals surface area (Å²) >= 11 is 0. The number of carboxylic acids is 1. The maximum atomic E-state index is 14.0. The Bertz CT molecular complexity index is 823. The standard InChI is InChI=1S/C12H9FN2O6/c1-14-9-6(13)2-5(3-7(9)20-11(14)18)15-4-8(10(16)17)21-12(15)19/h2-3,8H,4H2,1H3,(H,16,17)/p-1. The number of nitrogens with zero attached hydrogens (tertiary/aromatic N) is 2. The first-order valence-corrected chi connectivity index (χ1v) is 5.86. The maximum absolute atomic E-state index is 14.0. The summed E-state index contributed by atoms with van der Waals surface area (Å²) in [5.74, 6) is -3.07. The third-order valence-electron chi connectivity index (χ3n) is 3.21. The number of carbonyl (C=O) groups is 2. The number of cyclic esters (lactones) is 1. The Balaban J connectivity index is 2.08. The molecule has 8 nitrogen and oxygen atoms in total. The van der Waals surface area contributed by atoms with Gasteiger partial charge in [0.1, 0.15) is 5.52 Å². The number of amides is 1. The number of carboxylic acid groups (broad SMARTS) is 1. The largest absolute Gasteiger partial charge is 0.546 e. The summed E-state index contributed by atoms with van der Waals surface area (Å²) in [4.78, 5) is 34.6. The van der Waals surface area contributed by atoms with Crippen molar-refractivity contribution < 1.29 is 28.2 Å². The molecule has 0 aliphatic carbocycles.